The molecule has 0 aliphatic rings. The summed E-state index contributed by atoms with van der Waals surface area (Å²) in [5.74, 6) is -0.365. The zero-order valence-electron chi connectivity index (χ0n) is 13.6. The quantitative estimate of drug-likeness (QED) is 0.417. The van der Waals surface area contributed by atoms with Crippen LogP contribution in [0.25, 0.3) is 17.0 Å². The van der Waals surface area contributed by atoms with Gasteiger partial charge in [-0.1, -0.05) is 41.9 Å². The van der Waals surface area contributed by atoms with Gasteiger partial charge in [-0.05, 0) is 24.3 Å². The van der Waals surface area contributed by atoms with Crippen molar-refractivity contribution in [2.45, 2.75) is 6.54 Å². The Hall–Kier alpha value is -3.25. The summed E-state index contributed by atoms with van der Waals surface area (Å²) in [6.07, 6.45) is 2.92. The van der Waals surface area contributed by atoms with Crippen LogP contribution in [0.1, 0.15) is 11.3 Å². The number of nitrogens with one attached hydrogen (secondary N) is 1. The van der Waals surface area contributed by atoms with Crippen LogP contribution < -0.4 is 5.32 Å². The summed E-state index contributed by atoms with van der Waals surface area (Å²) in [5, 5.41) is 15.1. The second-order valence-corrected chi connectivity index (χ2v) is 5.95. The van der Waals surface area contributed by atoms with E-state index in [1.807, 2.05) is 12.1 Å². The van der Waals surface area contributed by atoms with Crippen molar-refractivity contribution in [3.8, 4) is 0 Å². The molecule has 0 spiro atoms. The molecule has 0 atom stereocenters. The highest BCUT2D eigenvalue weighted by Crippen LogP contribution is 2.19. The first-order valence-electron chi connectivity index (χ1n) is 7.77. The average molecular weight is 368 g/mol. The van der Waals surface area contributed by atoms with Gasteiger partial charge in [-0.25, -0.2) is 4.98 Å². The Morgan fingerprint density at radius 1 is 1.19 bits per heavy atom. The van der Waals surface area contributed by atoms with E-state index in [1.165, 1.54) is 12.1 Å². The maximum atomic E-state index is 12.0. The molecule has 1 N–H and O–H groups in total. The number of benzene rings is 2. The summed E-state index contributed by atoms with van der Waals surface area (Å²) in [5.41, 5.74) is 1.77. The Labute approximate surface area is 154 Å². The van der Waals surface area contributed by atoms with Crippen LogP contribution in [0.2, 0.25) is 5.02 Å². The maximum absolute atomic E-state index is 12.0. The molecule has 0 aliphatic carbocycles. The third-order valence-electron chi connectivity index (χ3n) is 3.72. The van der Waals surface area contributed by atoms with Crippen LogP contribution in [0.15, 0.2) is 60.7 Å². The molecular weight excluding hydrogens is 354 g/mol. The molecule has 0 saturated carbocycles. The molecule has 0 aliphatic heterocycles. The average Bonchev–Trinajstić information content (AvgIpc) is 2.64. The largest absolute Gasteiger partial charge is 0.348 e. The molecular formula is C19H14ClN3O3. The number of aromatic nitrogens is 1. The summed E-state index contributed by atoms with van der Waals surface area (Å²) in [4.78, 5) is 26.9. The number of rotatable bonds is 5. The minimum atomic E-state index is -0.471. The lowest BCUT2D eigenvalue weighted by atomic mass is 10.2. The number of fused-ring (bicyclic) bond motifs is 1. The summed E-state index contributed by atoms with van der Waals surface area (Å²) in [6, 6.07) is 15.4. The fourth-order valence-corrected chi connectivity index (χ4v) is 2.61. The van der Waals surface area contributed by atoms with E-state index in [-0.39, 0.29) is 18.1 Å². The monoisotopic (exact) mass is 367 g/mol. The van der Waals surface area contributed by atoms with Crippen molar-refractivity contribution >= 4 is 40.2 Å². The normalized spacial score (nSPS) is 11.0. The highest BCUT2D eigenvalue weighted by molar-refractivity contribution is 6.31. The Morgan fingerprint density at radius 2 is 1.96 bits per heavy atom. The van der Waals surface area contributed by atoms with Crippen molar-refractivity contribution in [3.63, 3.8) is 0 Å². The van der Waals surface area contributed by atoms with Crippen LogP contribution in [0.4, 0.5) is 5.69 Å². The summed E-state index contributed by atoms with van der Waals surface area (Å²) in [6.45, 7) is 0.0705. The van der Waals surface area contributed by atoms with Gasteiger partial charge in [0.15, 0.2) is 0 Å². The minimum absolute atomic E-state index is 0.0233. The van der Waals surface area contributed by atoms with Gasteiger partial charge in [-0.15, -0.1) is 0 Å². The lowest BCUT2D eigenvalue weighted by Gasteiger charge is -2.03. The van der Waals surface area contributed by atoms with Gasteiger partial charge in [0.05, 0.1) is 16.1 Å². The van der Waals surface area contributed by atoms with E-state index in [9.17, 15) is 14.9 Å². The van der Waals surface area contributed by atoms with Crippen molar-refractivity contribution in [1.82, 2.24) is 10.3 Å². The minimum Gasteiger partial charge on any atom is -0.348 e. The molecule has 7 heteroatoms. The van der Waals surface area contributed by atoms with Crippen molar-refractivity contribution in [2.75, 3.05) is 0 Å². The Kier molecular flexibility index (Phi) is 5.24. The van der Waals surface area contributed by atoms with Crippen LogP contribution >= 0.6 is 11.6 Å². The molecule has 0 saturated heterocycles. The molecule has 0 unspecified atom stereocenters. The Morgan fingerprint density at radius 3 is 2.77 bits per heavy atom. The predicted octanol–water partition coefficient (Wildman–Crippen LogP) is 4.13. The molecule has 1 amide bonds. The molecule has 0 radical (unpaired) electrons. The number of hydrogen-bond acceptors (Lipinski definition) is 4. The second kappa shape index (κ2) is 7.76. The third kappa shape index (κ3) is 4.23. The van der Waals surface area contributed by atoms with E-state index in [0.717, 1.165) is 10.9 Å². The number of carbonyl (C=O) groups excluding carboxylic acids is 1. The molecule has 26 heavy (non-hydrogen) atoms. The van der Waals surface area contributed by atoms with E-state index in [0.29, 0.717) is 16.3 Å². The highest BCUT2D eigenvalue weighted by Gasteiger charge is 2.12. The highest BCUT2D eigenvalue weighted by atomic mass is 35.5. The number of pyridine rings is 1. The zero-order chi connectivity index (χ0) is 18.5. The van der Waals surface area contributed by atoms with Crippen molar-refractivity contribution in [1.29, 1.82) is 0 Å². The summed E-state index contributed by atoms with van der Waals surface area (Å²) < 4.78 is 0. The smallest absolute Gasteiger partial charge is 0.274 e. The molecule has 130 valence electrons. The summed E-state index contributed by atoms with van der Waals surface area (Å²) in [7, 11) is 0. The van der Waals surface area contributed by atoms with Crippen LogP contribution in [-0.4, -0.2) is 15.8 Å². The van der Waals surface area contributed by atoms with Gasteiger partial charge >= 0.3 is 0 Å². The summed E-state index contributed by atoms with van der Waals surface area (Å²) >= 11 is 5.96. The number of hydrogen-bond donors (Lipinski definition) is 1. The van der Waals surface area contributed by atoms with E-state index in [2.05, 4.69) is 10.3 Å². The first-order valence-corrected chi connectivity index (χ1v) is 8.15. The van der Waals surface area contributed by atoms with Gasteiger partial charge in [0, 0.05) is 34.7 Å². The lowest BCUT2D eigenvalue weighted by Crippen LogP contribution is -2.20. The van der Waals surface area contributed by atoms with E-state index in [4.69, 9.17) is 11.6 Å². The van der Waals surface area contributed by atoms with Crippen LogP contribution in [-0.2, 0) is 11.3 Å². The Bertz CT molecular complexity index is 1020. The SMILES string of the molecule is O=C(/C=C/c1ccc2ccc(Cl)cc2n1)NCc1ccccc1[N+](=O)[O-]. The number of nitro benzene ring substituents is 1. The number of para-hydroxylation sites is 1. The van der Waals surface area contributed by atoms with Gasteiger partial charge < -0.3 is 5.32 Å². The third-order valence-corrected chi connectivity index (χ3v) is 3.96. The van der Waals surface area contributed by atoms with E-state index < -0.39 is 4.92 Å². The molecule has 2 aromatic carbocycles. The number of carbonyl (C=O) groups is 1. The van der Waals surface area contributed by atoms with Crippen LogP contribution in [0.3, 0.4) is 0 Å². The fraction of sp³-hybridized carbons (Fsp3) is 0.0526. The molecule has 6 nitrogen and oxygen atoms in total. The first kappa shape index (κ1) is 17.6. The number of nitro groups is 1. The maximum Gasteiger partial charge on any atom is 0.274 e. The standard InChI is InChI=1S/C19H14ClN3O3/c20-15-7-5-13-6-8-16(22-17(13)11-15)9-10-19(24)21-12-14-3-1-2-4-18(14)23(25)26/h1-11H,12H2,(H,21,24)/b10-9+. The first-order chi connectivity index (χ1) is 12.5. The van der Waals surface area contributed by atoms with E-state index >= 15 is 0 Å². The van der Waals surface area contributed by atoms with Crippen molar-refractivity contribution in [2.24, 2.45) is 0 Å². The van der Waals surface area contributed by atoms with Crippen molar-refractivity contribution < 1.29 is 9.72 Å². The molecule has 1 aromatic heterocycles. The van der Waals surface area contributed by atoms with Crippen molar-refractivity contribution in [3.05, 3.63) is 87.1 Å². The number of nitrogens with zero attached hydrogens (tertiary/aromatic N) is 2. The molecule has 1 heterocycles. The molecule has 0 fully saturated rings. The molecule has 3 rings (SSSR count). The predicted molar refractivity (Wildman–Crippen MR) is 101 cm³/mol. The van der Waals surface area contributed by atoms with Gasteiger partial charge in [0.25, 0.3) is 5.69 Å². The topological polar surface area (TPSA) is 85.1 Å². The lowest BCUT2D eigenvalue weighted by molar-refractivity contribution is -0.385. The van der Waals surface area contributed by atoms with Crippen LogP contribution in [0.5, 0.6) is 0 Å². The second-order valence-electron chi connectivity index (χ2n) is 5.51. The van der Waals surface area contributed by atoms with Gasteiger partial charge in [-0.2, -0.15) is 0 Å². The van der Waals surface area contributed by atoms with Gasteiger partial charge in [-0.3, -0.25) is 14.9 Å². The van der Waals surface area contributed by atoms with Gasteiger partial charge in [0.2, 0.25) is 5.91 Å². The Balaban J connectivity index is 1.67. The molecule has 0 bridgehead atoms. The molecule has 3 aromatic rings. The zero-order valence-corrected chi connectivity index (χ0v) is 14.3. The number of amides is 1. The fourth-order valence-electron chi connectivity index (χ4n) is 2.44. The van der Waals surface area contributed by atoms with Gasteiger partial charge in [0.1, 0.15) is 0 Å². The van der Waals surface area contributed by atoms with E-state index in [1.54, 1.807) is 42.5 Å². The number of halogens is 1. The van der Waals surface area contributed by atoms with Crippen LogP contribution in [0, 0.1) is 10.1 Å².